The van der Waals surface area contributed by atoms with Gasteiger partial charge in [-0.2, -0.15) is 0 Å². The molecule has 1 aromatic carbocycles. The zero-order valence-electron chi connectivity index (χ0n) is 9.82. The number of nitrogens with one attached hydrogen (secondary N) is 1. The first-order valence-corrected chi connectivity index (χ1v) is 6.29. The highest BCUT2D eigenvalue weighted by Gasteiger charge is 2.37. The molecule has 17 heavy (non-hydrogen) atoms. The molecule has 2 aliphatic rings. The van der Waals surface area contributed by atoms with Crippen LogP contribution in [0, 0.1) is 5.82 Å². The second-order valence-electron chi connectivity index (χ2n) is 5.02. The van der Waals surface area contributed by atoms with Crippen LogP contribution < -0.4 is 11.1 Å². The average molecular weight is 235 g/mol. The predicted octanol–water partition coefficient (Wildman–Crippen LogP) is 2.06. The summed E-state index contributed by atoms with van der Waals surface area (Å²) in [5.41, 5.74) is 6.60. The van der Waals surface area contributed by atoms with Gasteiger partial charge in [0, 0.05) is 24.3 Å². The quantitative estimate of drug-likeness (QED) is 0.771. The molecule has 0 amide bonds. The predicted molar refractivity (Wildman–Crippen MR) is 67.4 cm³/mol. The number of rotatable bonds is 2. The summed E-state index contributed by atoms with van der Waals surface area (Å²) in [4.78, 5) is 2.51. The van der Waals surface area contributed by atoms with E-state index in [4.69, 9.17) is 5.73 Å². The summed E-state index contributed by atoms with van der Waals surface area (Å²) in [5, 5.41) is 3.34. The highest BCUT2D eigenvalue weighted by atomic mass is 19.1. The Morgan fingerprint density at radius 2 is 2.18 bits per heavy atom. The van der Waals surface area contributed by atoms with Crippen molar-refractivity contribution < 1.29 is 4.39 Å². The van der Waals surface area contributed by atoms with Gasteiger partial charge in [-0.05, 0) is 44.0 Å². The molecule has 0 radical (unpaired) electrons. The van der Waals surface area contributed by atoms with Gasteiger partial charge in [-0.25, -0.2) is 4.39 Å². The van der Waals surface area contributed by atoms with Crippen molar-refractivity contribution in [3.05, 3.63) is 24.0 Å². The summed E-state index contributed by atoms with van der Waals surface area (Å²) in [6.45, 7) is 2.34. The van der Waals surface area contributed by atoms with Gasteiger partial charge in [0.25, 0.3) is 0 Å². The first-order valence-electron chi connectivity index (χ1n) is 6.29. The summed E-state index contributed by atoms with van der Waals surface area (Å²) in [6.07, 6.45) is 3.61. The Bertz CT molecular complexity index is 421. The molecule has 92 valence electrons. The van der Waals surface area contributed by atoms with Crippen molar-refractivity contribution in [3.8, 4) is 0 Å². The lowest BCUT2D eigenvalue weighted by Gasteiger charge is -2.22. The van der Waals surface area contributed by atoms with Gasteiger partial charge in [-0.15, -0.1) is 0 Å². The summed E-state index contributed by atoms with van der Waals surface area (Å²) < 4.78 is 13.7. The minimum atomic E-state index is -0.249. The molecule has 2 aliphatic heterocycles. The monoisotopic (exact) mass is 235 g/mol. The van der Waals surface area contributed by atoms with Crippen LogP contribution in [0.4, 0.5) is 15.8 Å². The third kappa shape index (κ3) is 1.97. The number of benzene rings is 1. The van der Waals surface area contributed by atoms with E-state index in [1.807, 2.05) is 0 Å². The number of hydrogen-bond donors (Lipinski definition) is 2. The first-order chi connectivity index (χ1) is 8.24. The van der Waals surface area contributed by atoms with Gasteiger partial charge in [0.15, 0.2) is 0 Å². The Morgan fingerprint density at radius 1 is 1.29 bits per heavy atom. The Labute approximate surface area is 101 Å². The fourth-order valence-corrected chi connectivity index (χ4v) is 3.10. The molecule has 3 N–H and O–H groups in total. The second kappa shape index (κ2) is 4.18. The fraction of sp³-hybridized carbons (Fsp3) is 0.538. The van der Waals surface area contributed by atoms with Crippen molar-refractivity contribution in [1.29, 1.82) is 0 Å². The third-order valence-electron chi connectivity index (χ3n) is 3.94. The van der Waals surface area contributed by atoms with Crippen molar-refractivity contribution in [2.24, 2.45) is 0 Å². The van der Waals surface area contributed by atoms with E-state index in [1.165, 1.54) is 25.5 Å². The van der Waals surface area contributed by atoms with Gasteiger partial charge in [0.05, 0.1) is 5.69 Å². The van der Waals surface area contributed by atoms with Crippen LogP contribution in [0.1, 0.15) is 19.3 Å². The molecular weight excluding hydrogens is 217 g/mol. The number of nitrogen functional groups attached to an aromatic ring is 1. The largest absolute Gasteiger partial charge is 0.399 e. The smallest absolute Gasteiger partial charge is 0.148 e. The van der Waals surface area contributed by atoms with Crippen LogP contribution >= 0.6 is 0 Å². The molecule has 0 bridgehead atoms. The minimum absolute atomic E-state index is 0.249. The van der Waals surface area contributed by atoms with Crippen molar-refractivity contribution in [2.75, 3.05) is 24.1 Å². The highest BCUT2D eigenvalue weighted by molar-refractivity contribution is 5.53. The maximum Gasteiger partial charge on any atom is 0.148 e. The van der Waals surface area contributed by atoms with Crippen LogP contribution in [0.3, 0.4) is 0 Å². The molecule has 2 fully saturated rings. The van der Waals surface area contributed by atoms with Crippen molar-refractivity contribution in [1.82, 2.24) is 4.90 Å². The number of nitrogens with two attached hydrogens (primary N) is 1. The molecule has 4 heteroatoms. The Kier molecular flexibility index (Phi) is 2.67. The highest BCUT2D eigenvalue weighted by Crippen LogP contribution is 2.30. The molecule has 0 spiro atoms. The third-order valence-corrected chi connectivity index (χ3v) is 3.94. The van der Waals surface area contributed by atoms with Gasteiger partial charge in [0.1, 0.15) is 5.82 Å². The second-order valence-corrected chi connectivity index (χ2v) is 5.02. The topological polar surface area (TPSA) is 41.3 Å². The molecule has 2 unspecified atom stereocenters. The Morgan fingerprint density at radius 3 is 3.00 bits per heavy atom. The molecule has 3 nitrogen and oxygen atoms in total. The zero-order valence-corrected chi connectivity index (χ0v) is 9.82. The van der Waals surface area contributed by atoms with Gasteiger partial charge in [-0.1, -0.05) is 0 Å². The van der Waals surface area contributed by atoms with Crippen LogP contribution in [0.2, 0.25) is 0 Å². The van der Waals surface area contributed by atoms with Crippen molar-refractivity contribution in [2.45, 2.75) is 31.3 Å². The maximum atomic E-state index is 13.7. The van der Waals surface area contributed by atoms with Crippen LogP contribution in [-0.2, 0) is 0 Å². The summed E-state index contributed by atoms with van der Waals surface area (Å²) in [7, 11) is 0. The van der Waals surface area contributed by atoms with E-state index in [2.05, 4.69) is 10.2 Å². The zero-order chi connectivity index (χ0) is 11.8. The van der Waals surface area contributed by atoms with Crippen LogP contribution in [0.5, 0.6) is 0 Å². The van der Waals surface area contributed by atoms with Gasteiger partial charge >= 0.3 is 0 Å². The normalized spacial score (nSPS) is 28.3. The number of hydrogen-bond acceptors (Lipinski definition) is 3. The molecular formula is C13H18FN3. The van der Waals surface area contributed by atoms with E-state index in [0.717, 1.165) is 13.0 Å². The van der Waals surface area contributed by atoms with E-state index in [-0.39, 0.29) is 5.82 Å². The Balaban J connectivity index is 1.74. The summed E-state index contributed by atoms with van der Waals surface area (Å²) >= 11 is 0. The Hall–Kier alpha value is -1.29. The lowest BCUT2D eigenvalue weighted by Crippen LogP contribution is -2.33. The standard InChI is InChI=1S/C13H18FN3/c14-10-8-9(15)3-4-11(10)16-12-5-7-17-6-1-2-13(12)17/h3-4,8,12-13,16H,1-2,5-7,15H2. The van der Waals surface area contributed by atoms with Crippen LogP contribution in [0.25, 0.3) is 0 Å². The van der Waals surface area contributed by atoms with E-state index in [9.17, 15) is 4.39 Å². The van der Waals surface area contributed by atoms with Gasteiger partial charge in [0.2, 0.25) is 0 Å². The van der Waals surface area contributed by atoms with Gasteiger partial charge in [-0.3, -0.25) is 4.90 Å². The fourth-order valence-electron chi connectivity index (χ4n) is 3.10. The number of fused-ring (bicyclic) bond motifs is 1. The molecule has 0 aliphatic carbocycles. The molecule has 1 aromatic rings. The number of nitrogens with zero attached hydrogens (tertiary/aromatic N) is 1. The summed E-state index contributed by atoms with van der Waals surface area (Å²) in [5.74, 6) is -0.249. The minimum Gasteiger partial charge on any atom is -0.399 e. The maximum absolute atomic E-state index is 13.7. The molecule has 2 heterocycles. The lowest BCUT2D eigenvalue weighted by atomic mass is 10.1. The first kappa shape index (κ1) is 10.8. The molecule has 2 saturated heterocycles. The molecule has 3 rings (SSSR count). The molecule has 0 aromatic heterocycles. The molecule has 2 atom stereocenters. The van der Waals surface area contributed by atoms with Gasteiger partial charge < -0.3 is 11.1 Å². The summed E-state index contributed by atoms with van der Waals surface area (Å²) in [6, 6.07) is 5.83. The van der Waals surface area contributed by atoms with E-state index < -0.39 is 0 Å². The van der Waals surface area contributed by atoms with E-state index in [0.29, 0.717) is 23.5 Å². The van der Waals surface area contributed by atoms with Crippen LogP contribution in [0.15, 0.2) is 18.2 Å². The van der Waals surface area contributed by atoms with Crippen molar-refractivity contribution >= 4 is 11.4 Å². The van der Waals surface area contributed by atoms with E-state index in [1.54, 1.807) is 12.1 Å². The SMILES string of the molecule is Nc1ccc(NC2CCN3CCCC23)c(F)c1. The van der Waals surface area contributed by atoms with Crippen molar-refractivity contribution in [3.63, 3.8) is 0 Å². The van der Waals surface area contributed by atoms with E-state index >= 15 is 0 Å². The molecule has 0 saturated carbocycles. The lowest BCUT2D eigenvalue weighted by molar-refractivity contribution is 0.318. The number of halogens is 1. The van der Waals surface area contributed by atoms with Crippen LogP contribution in [-0.4, -0.2) is 30.1 Å². The number of anilines is 2. The average Bonchev–Trinajstić information content (AvgIpc) is 2.86.